The van der Waals surface area contributed by atoms with Crippen molar-refractivity contribution in [3.8, 4) is 0 Å². The van der Waals surface area contributed by atoms with E-state index in [1.807, 2.05) is 0 Å². The second kappa shape index (κ2) is 3.88. The molecule has 1 aromatic heterocycles. The number of aromatic nitrogens is 2. The topological polar surface area (TPSA) is 94.0 Å². The van der Waals surface area contributed by atoms with Gasteiger partial charge >= 0.3 is 0 Å². The molecule has 6 heteroatoms. The van der Waals surface area contributed by atoms with Crippen LogP contribution in [0.3, 0.4) is 0 Å². The summed E-state index contributed by atoms with van der Waals surface area (Å²) < 4.78 is 4.47. The first-order valence-electron chi connectivity index (χ1n) is 5.01. The standard InChI is InChI=1S/C9H14N4O2/c1-5-2-6(4-7(14)3-5)11-9-8(10)12-15-13-9/h5-6H,2-4H2,1H3,(H2,10,12)(H,11,13). The highest BCUT2D eigenvalue weighted by Crippen LogP contribution is 2.24. The zero-order valence-corrected chi connectivity index (χ0v) is 8.56. The molecule has 1 fully saturated rings. The van der Waals surface area contributed by atoms with Crippen LogP contribution in [-0.4, -0.2) is 22.1 Å². The quantitative estimate of drug-likeness (QED) is 0.750. The van der Waals surface area contributed by atoms with Crippen molar-refractivity contribution in [2.45, 2.75) is 32.2 Å². The zero-order chi connectivity index (χ0) is 10.8. The lowest BCUT2D eigenvalue weighted by Crippen LogP contribution is -2.31. The molecule has 0 amide bonds. The molecular weight excluding hydrogens is 196 g/mol. The van der Waals surface area contributed by atoms with E-state index in [9.17, 15) is 4.79 Å². The minimum absolute atomic E-state index is 0.0930. The van der Waals surface area contributed by atoms with Crippen LogP contribution in [-0.2, 0) is 4.79 Å². The molecule has 1 aliphatic carbocycles. The summed E-state index contributed by atoms with van der Waals surface area (Å²) in [5, 5.41) is 10.2. The van der Waals surface area contributed by atoms with E-state index >= 15 is 0 Å². The molecule has 82 valence electrons. The number of carbonyl (C=O) groups is 1. The fourth-order valence-electron chi connectivity index (χ4n) is 2.00. The van der Waals surface area contributed by atoms with Gasteiger partial charge in [-0.2, -0.15) is 0 Å². The summed E-state index contributed by atoms with van der Waals surface area (Å²) in [4.78, 5) is 11.4. The Hall–Kier alpha value is -1.59. The van der Waals surface area contributed by atoms with E-state index in [0.29, 0.717) is 24.6 Å². The van der Waals surface area contributed by atoms with Gasteiger partial charge in [-0.25, -0.2) is 4.63 Å². The lowest BCUT2D eigenvalue weighted by atomic mass is 9.86. The Morgan fingerprint density at radius 2 is 2.27 bits per heavy atom. The van der Waals surface area contributed by atoms with E-state index in [4.69, 9.17) is 5.73 Å². The van der Waals surface area contributed by atoms with Gasteiger partial charge in [0.1, 0.15) is 5.78 Å². The van der Waals surface area contributed by atoms with Gasteiger partial charge in [0.25, 0.3) is 0 Å². The molecule has 0 saturated heterocycles. The first kappa shape index (κ1) is 9.95. The SMILES string of the molecule is CC1CC(=O)CC(Nc2nonc2N)C1. The lowest BCUT2D eigenvalue weighted by Gasteiger charge is -2.26. The van der Waals surface area contributed by atoms with Crippen molar-refractivity contribution in [2.24, 2.45) is 5.92 Å². The summed E-state index contributed by atoms with van der Waals surface area (Å²) in [5.74, 6) is 1.36. The molecule has 0 spiro atoms. The fourth-order valence-corrected chi connectivity index (χ4v) is 2.00. The van der Waals surface area contributed by atoms with Crippen molar-refractivity contribution in [2.75, 3.05) is 11.1 Å². The lowest BCUT2D eigenvalue weighted by molar-refractivity contribution is -0.121. The highest BCUT2D eigenvalue weighted by atomic mass is 16.6. The van der Waals surface area contributed by atoms with Gasteiger partial charge in [0.2, 0.25) is 11.6 Å². The molecule has 2 unspecified atom stereocenters. The van der Waals surface area contributed by atoms with Crippen LogP contribution < -0.4 is 11.1 Å². The molecule has 15 heavy (non-hydrogen) atoms. The normalized spacial score (nSPS) is 26.6. The number of ketones is 1. The molecule has 0 radical (unpaired) electrons. The Morgan fingerprint density at radius 1 is 1.47 bits per heavy atom. The molecule has 3 N–H and O–H groups in total. The van der Waals surface area contributed by atoms with Crippen LogP contribution in [0, 0.1) is 5.92 Å². The van der Waals surface area contributed by atoms with E-state index in [1.54, 1.807) is 0 Å². The highest BCUT2D eigenvalue weighted by Gasteiger charge is 2.25. The van der Waals surface area contributed by atoms with Crippen LogP contribution in [0.25, 0.3) is 0 Å². The number of anilines is 2. The highest BCUT2D eigenvalue weighted by molar-refractivity contribution is 5.80. The molecule has 0 bridgehead atoms. The summed E-state index contributed by atoms with van der Waals surface area (Å²) in [6.45, 7) is 2.07. The molecule has 1 aliphatic rings. The summed E-state index contributed by atoms with van der Waals surface area (Å²) in [5.41, 5.74) is 5.51. The van der Waals surface area contributed by atoms with Crippen LogP contribution in [0.2, 0.25) is 0 Å². The van der Waals surface area contributed by atoms with Crippen molar-refractivity contribution in [3.05, 3.63) is 0 Å². The van der Waals surface area contributed by atoms with Crippen LogP contribution in [0.4, 0.5) is 11.6 Å². The van der Waals surface area contributed by atoms with E-state index in [2.05, 4.69) is 27.2 Å². The average Bonchev–Trinajstić information content (AvgIpc) is 2.50. The number of nitrogens with two attached hydrogens (primary N) is 1. The molecule has 2 rings (SSSR count). The summed E-state index contributed by atoms with van der Waals surface area (Å²) in [6, 6.07) is 0.0930. The Labute approximate surface area is 87.2 Å². The van der Waals surface area contributed by atoms with Gasteiger partial charge in [0.05, 0.1) is 0 Å². The van der Waals surface area contributed by atoms with E-state index in [0.717, 1.165) is 6.42 Å². The van der Waals surface area contributed by atoms with Crippen molar-refractivity contribution in [3.63, 3.8) is 0 Å². The van der Waals surface area contributed by atoms with E-state index < -0.39 is 0 Å². The minimum atomic E-state index is 0.0930. The second-order valence-electron chi connectivity index (χ2n) is 4.13. The van der Waals surface area contributed by atoms with Crippen LogP contribution in [0.15, 0.2) is 4.63 Å². The van der Waals surface area contributed by atoms with Gasteiger partial charge < -0.3 is 11.1 Å². The van der Waals surface area contributed by atoms with Crippen LogP contribution in [0.1, 0.15) is 26.2 Å². The third kappa shape index (κ3) is 2.26. The third-order valence-electron chi connectivity index (χ3n) is 2.59. The number of hydrogen-bond donors (Lipinski definition) is 2. The number of nitrogens with zero attached hydrogens (tertiary/aromatic N) is 2. The van der Waals surface area contributed by atoms with Crippen molar-refractivity contribution >= 4 is 17.4 Å². The van der Waals surface area contributed by atoms with Gasteiger partial charge in [-0.15, -0.1) is 0 Å². The third-order valence-corrected chi connectivity index (χ3v) is 2.59. The van der Waals surface area contributed by atoms with Crippen molar-refractivity contribution in [1.29, 1.82) is 0 Å². The molecule has 1 aromatic rings. The zero-order valence-electron chi connectivity index (χ0n) is 8.56. The Kier molecular flexibility index (Phi) is 2.57. The monoisotopic (exact) mass is 210 g/mol. The first-order chi connectivity index (χ1) is 7.15. The molecule has 6 nitrogen and oxygen atoms in total. The maximum Gasteiger partial charge on any atom is 0.215 e. The number of Topliss-reactive ketones (excluding diaryl/α,β-unsaturated/α-hetero) is 1. The maximum absolute atomic E-state index is 11.4. The number of hydrogen-bond acceptors (Lipinski definition) is 6. The number of rotatable bonds is 2. The average molecular weight is 210 g/mol. The van der Waals surface area contributed by atoms with E-state index in [-0.39, 0.29) is 17.6 Å². The molecule has 2 atom stereocenters. The Morgan fingerprint density at radius 3 is 2.87 bits per heavy atom. The summed E-state index contributed by atoms with van der Waals surface area (Å²) >= 11 is 0. The Bertz CT molecular complexity index is 363. The van der Waals surface area contributed by atoms with Crippen molar-refractivity contribution < 1.29 is 9.42 Å². The molecule has 0 aromatic carbocycles. The van der Waals surface area contributed by atoms with Crippen LogP contribution in [0.5, 0.6) is 0 Å². The van der Waals surface area contributed by atoms with Gasteiger partial charge in [-0.05, 0) is 22.7 Å². The molecule has 1 saturated carbocycles. The Balaban J connectivity index is 2.00. The number of nitrogen functional groups attached to an aromatic ring is 1. The van der Waals surface area contributed by atoms with E-state index in [1.165, 1.54) is 0 Å². The fraction of sp³-hybridized carbons (Fsp3) is 0.667. The minimum Gasteiger partial charge on any atom is -0.378 e. The van der Waals surface area contributed by atoms with Gasteiger partial charge in [0, 0.05) is 18.9 Å². The number of nitrogens with one attached hydrogen (secondary N) is 1. The summed E-state index contributed by atoms with van der Waals surface area (Å²) in [6.07, 6.45) is 2.14. The largest absolute Gasteiger partial charge is 0.378 e. The van der Waals surface area contributed by atoms with Crippen molar-refractivity contribution in [1.82, 2.24) is 10.3 Å². The van der Waals surface area contributed by atoms with Gasteiger partial charge in [0.15, 0.2) is 0 Å². The summed E-state index contributed by atoms with van der Waals surface area (Å²) in [7, 11) is 0. The molecular formula is C9H14N4O2. The molecule has 0 aliphatic heterocycles. The first-order valence-corrected chi connectivity index (χ1v) is 5.01. The van der Waals surface area contributed by atoms with Crippen LogP contribution >= 0.6 is 0 Å². The van der Waals surface area contributed by atoms with Gasteiger partial charge in [-0.3, -0.25) is 4.79 Å². The van der Waals surface area contributed by atoms with Gasteiger partial charge in [-0.1, -0.05) is 6.92 Å². The second-order valence-corrected chi connectivity index (χ2v) is 4.13. The smallest absolute Gasteiger partial charge is 0.215 e. The molecule has 1 heterocycles. The maximum atomic E-state index is 11.4. The predicted molar refractivity (Wildman–Crippen MR) is 54.1 cm³/mol. The number of carbonyl (C=O) groups excluding carboxylic acids is 1. The predicted octanol–water partition coefficient (Wildman–Crippen LogP) is 0.821.